The molecule has 0 bridgehead atoms. The van der Waals surface area contributed by atoms with Gasteiger partial charge in [0, 0.05) is 18.0 Å². The van der Waals surface area contributed by atoms with Crippen molar-refractivity contribution in [2.45, 2.75) is 33.1 Å². The minimum Gasteiger partial charge on any atom is -0.493 e. The highest BCUT2D eigenvalue weighted by Gasteiger charge is 2.11. The number of nitrogens with one attached hydrogen (secondary N) is 1. The molecule has 0 saturated heterocycles. The minimum atomic E-state index is 0.0107. The fourth-order valence-corrected chi connectivity index (χ4v) is 3.58. The van der Waals surface area contributed by atoms with Gasteiger partial charge in [0.05, 0.1) is 25.3 Å². The van der Waals surface area contributed by atoms with Crippen LogP contribution in [0.25, 0.3) is 0 Å². The summed E-state index contributed by atoms with van der Waals surface area (Å²) in [7, 11) is 3.21. The molecular weight excluding hydrogens is 458 g/mol. The highest BCUT2D eigenvalue weighted by atomic mass is 79.9. The van der Waals surface area contributed by atoms with Gasteiger partial charge in [-0.15, -0.1) is 0 Å². The molecule has 29 heavy (non-hydrogen) atoms. The first-order valence-corrected chi connectivity index (χ1v) is 10.6. The number of halogens is 2. The predicted molar refractivity (Wildman–Crippen MR) is 120 cm³/mol. The smallest absolute Gasteiger partial charge is 0.220 e. The van der Waals surface area contributed by atoms with Crippen LogP contribution in [-0.4, -0.2) is 33.3 Å². The average molecular weight is 485 g/mol. The molecule has 158 valence electrons. The number of hydrogen-bond acceptors (Lipinski definition) is 4. The molecule has 2 aromatic rings. The molecule has 0 aromatic heterocycles. The largest absolute Gasteiger partial charge is 0.493 e. The summed E-state index contributed by atoms with van der Waals surface area (Å²) in [6.45, 7) is 4.91. The summed E-state index contributed by atoms with van der Waals surface area (Å²) in [5, 5.41) is 3.67. The summed E-state index contributed by atoms with van der Waals surface area (Å²) in [5.41, 5.74) is 2.99. The Bertz CT molecular complexity index is 857. The SMILES string of the molecule is COc1ccc(CCNC(=O)CCCOc2cc(C)c(Cl)c(C)c2Br)cc1OC. The summed E-state index contributed by atoms with van der Waals surface area (Å²) in [6, 6.07) is 7.66. The lowest BCUT2D eigenvalue weighted by Crippen LogP contribution is -2.25. The number of hydrogen-bond donors (Lipinski definition) is 1. The fraction of sp³-hybridized carbons (Fsp3) is 0.409. The summed E-state index contributed by atoms with van der Waals surface area (Å²) < 4.78 is 17.2. The van der Waals surface area contributed by atoms with Gasteiger partial charge in [-0.2, -0.15) is 0 Å². The first-order chi connectivity index (χ1) is 13.9. The maximum Gasteiger partial charge on any atom is 0.220 e. The van der Waals surface area contributed by atoms with E-state index in [1.807, 2.05) is 38.1 Å². The molecule has 7 heteroatoms. The van der Waals surface area contributed by atoms with Crippen molar-refractivity contribution in [2.24, 2.45) is 0 Å². The molecule has 0 saturated carbocycles. The molecular formula is C22H27BrClNO4. The van der Waals surface area contributed by atoms with Crippen molar-refractivity contribution in [1.82, 2.24) is 5.32 Å². The molecule has 1 N–H and O–H groups in total. The van der Waals surface area contributed by atoms with Gasteiger partial charge in [0.25, 0.3) is 0 Å². The van der Waals surface area contributed by atoms with Gasteiger partial charge >= 0.3 is 0 Å². The van der Waals surface area contributed by atoms with Gasteiger partial charge in [0.15, 0.2) is 11.5 Å². The molecule has 0 aliphatic carbocycles. The Kier molecular flexibility index (Phi) is 9.11. The third-order valence-corrected chi connectivity index (χ3v) is 6.13. The lowest BCUT2D eigenvalue weighted by atomic mass is 10.1. The van der Waals surface area contributed by atoms with E-state index in [2.05, 4.69) is 21.2 Å². The Labute approximate surface area is 185 Å². The highest BCUT2D eigenvalue weighted by Crippen LogP contribution is 2.35. The third-order valence-electron chi connectivity index (χ3n) is 4.56. The second kappa shape index (κ2) is 11.3. The van der Waals surface area contributed by atoms with Gasteiger partial charge in [-0.05, 0) is 77.5 Å². The van der Waals surface area contributed by atoms with E-state index < -0.39 is 0 Å². The average Bonchev–Trinajstić information content (AvgIpc) is 2.72. The number of carbonyl (C=O) groups is 1. The van der Waals surface area contributed by atoms with Crippen LogP contribution in [0.4, 0.5) is 0 Å². The van der Waals surface area contributed by atoms with Crippen LogP contribution in [0, 0.1) is 13.8 Å². The van der Waals surface area contributed by atoms with E-state index in [0.717, 1.165) is 38.4 Å². The van der Waals surface area contributed by atoms with Crippen molar-refractivity contribution in [2.75, 3.05) is 27.4 Å². The van der Waals surface area contributed by atoms with E-state index >= 15 is 0 Å². The Morgan fingerprint density at radius 3 is 2.52 bits per heavy atom. The van der Waals surface area contributed by atoms with E-state index in [0.29, 0.717) is 37.5 Å². The summed E-state index contributed by atoms with van der Waals surface area (Å²) in [5.74, 6) is 2.14. The minimum absolute atomic E-state index is 0.0107. The molecule has 0 aliphatic rings. The first kappa shape index (κ1) is 23.4. The molecule has 0 fully saturated rings. The second-order valence-electron chi connectivity index (χ2n) is 6.69. The number of aryl methyl sites for hydroxylation is 1. The van der Waals surface area contributed by atoms with Gasteiger partial charge in [0.2, 0.25) is 5.91 Å². The van der Waals surface area contributed by atoms with E-state index in [-0.39, 0.29) is 5.91 Å². The van der Waals surface area contributed by atoms with Crippen LogP contribution in [0.15, 0.2) is 28.7 Å². The van der Waals surface area contributed by atoms with Gasteiger partial charge in [-0.25, -0.2) is 0 Å². The lowest BCUT2D eigenvalue weighted by molar-refractivity contribution is -0.121. The molecule has 2 rings (SSSR count). The van der Waals surface area contributed by atoms with E-state index in [1.54, 1.807) is 14.2 Å². The van der Waals surface area contributed by atoms with Crippen molar-refractivity contribution in [3.63, 3.8) is 0 Å². The van der Waals surface area contributed by atoms with E-state index in [1.165, 1.54) is 0 Å². The van der Waals surface area contributed by atoms with E-state index in [9.17, 15) is 4.79 Å². The molecule has 5 nitrogen and oxygen atoms in total. The summed E-state index contributed by atoms with van der Waals surface area (Å²) in [6.07, 6.45) is 1.77. The van der Waals surface area contributed by atoms with Crippen molar-refractivity contribution < 1.29 is 19.0 Å². The van der Waals surface area contributed by atoms with Crippen LogP contribution >= 0.6 is 27.5 Å². The van der Waals surface area contributed by atoms with Crippen LogP contribution in [-0.2, 0) is 11.2 Å². The Morgan fingerprint density at radius 2 is 1.83 bits per heavy atom. The number of amides is 1. The molecule has 0 spiro atoms. The quantitative estimate of drug-likeness (QED) is 0.468. The Morgan fingerprint density at radius 1 is 1.10 bits per heavy atom. The number of rotatable bonds is 10. The zero-order valence-corrected chi connectivity index (χ0v) is 19.6. The number of ether oxygens (including phenoxy) is 3. The topological polar surface area (TPSA) is 56.8 Å². The Balaban J connectivity index is 1.72. The molecule has 0 heterocycles. The standard InChI is InChI=1S/C22H27BrClNO4/c1-14-12-19(21(23)15(2)22(14)24)29-11-5-6-20(26)25-10-9-16-7-8-17(27-3)18(13-16)28-4/h7-8,12-13H,5-6,9-11H2,1-4H3,(H,25,26). The summed E-state index contributed by atoms with van der Waals surface area (Å²) in [4.78, 5) is 12.0. The molecule has 1 amide bonds. The van der Waals surface area contributed by atoms with Crippen molar-refractivity contribution >= 4 is 33.4 Å². The van der Waals surface area contributed by atoms with Crippen LogP contribution < -0.4 is 19.5 Å². The normalized spacial score (nSPS) is 10.6. The predicted octanol–water partition coefficient (Wildman–Crippen LogP) is 5.25. The monoisotopic (exact) mass is 483 g/mol. The third kappa shape index (κ3) is 6.54. The maximum absolute atomic E-state index is 12.0. The zero-order valence-electron chi connectivity index (χ0n) is 17.2. The van der Waals surface area contributed by atoms with Crippen LogP contribution in [0.5, 0.6) is 17.2 Å². The zero-order chi connectivity index (χ0) is 21.4. The molecule has 2 aromatic carbocycles. The van der Waals surface area contributed by atoms with Crippen LogP contribution in [0.1, 0.15) is 29.5 Å². The van der Waals surface area contributed by atoms with E-state index in [4.69, 9.17) is 25.8 Å². The summed E-state index contributed by atoms with van der Waals surface area (Å²) >= 11 is 9.75. The number of methoxy groups -OCH3 is 2. The lowest BCUT2D eigenvalue weighted by Gasteiger charge is -2.13. The van der Waals surface area contributed by atoms with Gasteiger partial charge in [-0.1, -0.05) is 17.7 Å². The van der Waals surface area contributed by atoms with Gasteiger partial charge in [-0.3, -0.25) is 4.79 Å². The molecule has 0 unspecified atom stereocenters. The highest BCUT2D eigenvalue weighted by molar-refractivity contribution is 9.10. The van der Waals surface area contributed by atoms with Crippen LogP contribution in [0.2, 0.25) is 5.02 Å². The Hall–Kier alpha value is -1.92. The first-order valence-electron chi connectivity index (χ1n) is 9.43. The molecule has 0 atom stereocenters. The van der Waals surface area contributed by atoms with Crippen molar-refractivity contribution in [3.8, 4) is 17.2 Å². The van der Waals surface area contributed by atoms with Crippen LogP contribution in [0.3, 0.4) is 0 Å². The maximum atomic E-state index is 12.0. The second-order valence-corrected chi connectivity index (χ2v) is 7.86. The van der Waals surface area contributed by atoms with Gasteiger partial charge < -0.3 is 19.5 Å². The van der Waals surface area contributed by atoms with Crippen molar-refractivity contribution in [3.05, 3.63) is 50.5 Å². The molecule has 0 aliphatic heterocycles. The number of carbonyl (C=O) groups excluding carboxylic acids is 1. The van der Waals surface area contributed by atoms with Crippen molar-refractivity contribution in [1.29, 1.82) is 0 Å². The number of benzene rings is 2. The fourth-order valence-electron chi connectivity index (χ4n) is 2.89. The van der Waals surface area contributed by atoms with Gasteiger partial charge in [0.1, 0.15) is 5.75 Å². The molecule has 0 radical (unpaired) electrons.